The first-order valence-corrected chi connectivity index (χ1v) is 7.34. The molecule has 0 heterocycles. The number of amides is 1. The van der Waals surface area contributed by atoms with E-state index in [4.69, 9.17) is 5.73 Å². The summed E-state index contributed by atoms with van der Waals surface area (Å²) in [6.45, 7) is 2.42. The maximum absolute atomic E-state index is 13.5. The van der Waals surface area contributed by atoms with Gasteiger partial charge in [0.2, 0.25) is 5.91 Å². The highest BCUT2D eigenvalue weighted by atomic mass is 19.1. The quantitative estimate of drug-likeness (QED) is 0.803. The summed E-state index contributed by atoms with van der Waals surface area (Å²) in [5.74, 6) is 0.276. The van der Waals surface area contributed by atoms with E-state index in [1.807, 2.05) is 13.0 Å². The first kappa shape index (κ1) is 15.0. The summed E-state index contributed by atoms with van der Waals surface area (Å²) in [6, 6.07) is 6.79. The van der Waals surface area contributed by atoms with E-state index in [9.17, 15) is 9.18 Å². The normalized spacial score (nSPS) is 17.6. The van der Waals surface area contributed by atoms with Crippen LogP contribution < -0.4 is 11.1 Å². The number of carbonyl (C=O) groups excluding carboxylic acids is 1. The molecule has 1 saturated carbocycles. The van der Waals surface area contributed by atoms with Crippen molar-refractivity contribution in [2.45, 2.75) is 38.6 Å². The molecule has 0 aliphatic heterocycles. The average molecular weight is 278 g/mol. The number of hydrogen-bond donors (Lipinski definition) is 2. The Hall–Kier alpha value is -1.42. The minimum absolute atomic E-state index is 0.0115. The van der Waals surface area contributed by atoms with Gasteiger partial charge < -0.3 is 11.1 Å². The predicted octanol–water partition coefficient (Wildman–Crippen LogP) is 2.25. The van der Waals surface area contributed by atoms with E-state index in [1.54, 1.807) is 12.1 Å². The van der Waals surface area contributed by atoms with Crippen molar-refractivity contribution >= 4 is 5.91 Å². The van der Waals surface area contributed by atoms with Crippen molar-refractivity contribution in [1.29, 1.82) is 0 Å². The van der Waals surface area contributed by atoms with Gasteiger partial charge in [-0.05, 0) is 43.2 Å². The number of carbonyl (C=O) groups is 1. The van der Waals surface area contributed by atoms with Gasteiger partial charge in [-0.15, -0.1) is 0 Å². The first-order valence-electron chi connectivity index (χ1n) is 7.34. The average Bonchev–Trinajstić information content (AvgIpc) is 3.27. The van der Waals surface area contributed by atoms with Gasteiger partial charge in [0.1, 0.15) is 5.82 Å². The fraction of sp³-hybridized carbons (Fsp3) is 0.562. The Labute approximate surface area is 119 Å². The molecule has 3 N–H and O–H groups in total. The van der Waals surface area contributed by atoms with Crippen LogP contribution in [0.4, 0.5) is 4.39 Å². The summed E-state index contributed by atoms with van der Waals surface area (Å²) in [7, 11) is 0. The number of benzene rings is 1. The Kier molecular flexibility index (Phi) is 5.12. The predicted molar refractivity (Wildman–Crippen MR) is 77.6 cm³/mol. The molecule has 0 radical (unpaired) electrons. The smallest absolute Gasteiger partial charge is 0.222 e. The lowest BCUT2D eigenvalue weighted by molar-refractivity contribution is -0.124. The molecule has 1 aromatic carbocycles. The second-order valence-electron chi connectivity index (χ2n) is 5.78. The summed E-state index contributed by atoms with van der Waals surface area (Å²) >= 11 is 0. The van der Waals surface area contributed by atoms with Gasteiger partial charge in [0, 0.05) is 18.5 Å². The Bertz CT molecular complexity index is 460. The Morgan fingerprint density at radius 2 is 2.15 bits per heavy atom. The van der Waals surface area contributed by atoms with Crippen LogP contribution in [0, 0.1) is 17.7 Å². The van der Waals surface area contributed by atoms with Gasteiger partial charge in [-0.25, -0.2) is 4.39 Å². The Morgan fingerprint density at radius 1 is 1.45 bits per heavy atom. The monoisotopic (exact) mass is 278 g/mol. The lowest BCUT2D eigenvalue weighted by atomic mass is 10.00. The molecular formula is C16H23FN2O. The highest BCUT2D eigenvalue weighted by molar-refractivity contribution is 5.78. The molecule has 4 heteroatoms. The number of rotatable bonds is 7. The molecule has 2 rings (SSSR count). The summed E-state index contributed by atoms with van der Waals surface area (Å²) < 4.78 is 13.5. The molecule has 1 aliphatic rings. The zero-order chi connectivity index (χ0) is 14.5. The Balaban J connectivity index is 1.72. The van der Waals surface area contributed by atoms with Crippen molar-refractivity contribution in [2.24, 2.45) is 17.6 Å². The third-order valence-electron chi connectivity index (χ3n) is 3.99. The number of hydrogen-bond acceptors (Lipinski definition) is 2. The van der Waals surface area contributed by atoms with Gasteiger partial charge in [0.25, 0.3) is 0 Å². The molecule has 20 heavy (non-hydrogen) atoms. The van der Waals surface area contributed by atoms with Crippen LogP contribution in [-0.4, -0.2) is 18.5 Å². The third kappa shape index (κ3) is 4.30. The molecule has 0 spiro atoms. The van der Waals surface area contributed by atoms with Crippen molar-refractivity contribution in [3.8, 4) is 0 Å². The molecule has 2 unspecified atom stereocenters. The van der Waals surface area contributed by atoms with Gasteiger partial charge in [-0.1, -0.05) is 25.1 Å². The number of aryl methyl sites for hydroxylation is 1. The molecule has 3 nitrogen and oxygen atoms in total. The maximum atomic E-state index is 13.5. The van der Waals surface area contributed by atoms with E-state index in [0.29, 0.717) is 30.9 Å². The van der Waals surface area contributed by atoms with Crippen LogP contribution in [0.5, 0.6) is 0 Å². The standard InChI is InChI=1S/C16H23FN2O/c1-11(6-7-12-4-2-3-5-14(12)17)16(20)19-10-15(18)13-8-9-13/h2-5,11,13,15H,6-10,18H2,1H3,(H,19,20). The maximum Gasteiger partial charge on any atom is 0.222 e. The van der Waals surface area contributed by atoms with E-state index in [1.165, 1.54) is 18.9 Å². The molecule has 1 aromatic rings. The minimum atomic E-state index is -0.198. The summed E-state index contributed by atoms with van der Waals surface area (Å²) in [5, 5.41) is 2.90. The summed E-state index contributed by atoms with van der Waals surface area (Å²) in [5.41, 5.74) is 6.62. The lowest BCUT2D eigenvalue weighted by Crippen LogP contribution is -2.40. The molecule has 2 atom stereocenters. The summed E-state index contributed by atoms with van der Waals surface area (Å²) in [6.07, 6.45) is 3.58. The molecular weight excluding hydrogens is 255 g/mol. The number of halogens is 1. The first-order chi connectivity index (χ1) is 9.58. The molecule has 1 aliphatic carbocycles. The minimum Gasteiger partial charge on any atom is -0.354 e. The van der Waals surface area contributed by atoms with Crippen LogP contribution in [0.25, 0.3) is 0 Å². The van der Waals surface area contributed by atoms with E-state index < -0.39 is 0 Å². The summed E-state index contributed by atoms with van der Waals surface area (Å²) in [4.78, 5) is 11.9. The topological polar surface area (TPSA) is 55.1 Å². The van der Waals surface area contributed by atoms with E-state index >= 15 is 0 Å². The van der Waals surface area contributed by atoms with Gasteiger partial charge in [-0.3, -0.25) is 4.79 Å². The van der Waals surface area contributed by atoms with Crippen LogP contribution >= 0.6 is 0 Å². The van der Waals surface area contributed by atoms with Gasteiger partial charge >= 0.3 is 0 Å². The van der Waals surface area contributed by atoms with Crippen LogP contribution in [0.3, 0.4) is 0 Å². The fourth-order valence-corrected chi connectivity index (χ4v) is 2.29. The van der Waals surface area contributed by atoms with Crippen molar-refractivity contribution in [1.82, 2.24) is 5.32 Å². The number of nitrogens with one attached hydrogen (secondary N) is 1. The van der Waals surface area contributed by atoms with Gasteiger partial charge in [0.15, 0.2) is 0 Å². The highest BCUT2D eigenvalue weighted by Gasteiger charge is 2.28. The second kappa shape index (κ2) is 6.84. The van der Waals surface area contributed by atoms with Crippen molar-refractivity contribution < 1.29 is 9.18 Å². The zero-order valence-corrected chi connectivity index (χ0v) is 11.9. The van der Waals surface area contributed by atoms with E-state index in [-0.39, 0.29) is 23.7 Å². The van der Waals surface area contributed by atoms with Crippen molar-refractivity contribution in [2.75, 3.05) is 6.54 Å². The molecule has 1 amide bonds. The molecule has 0 bridgehead atoms. The van der Waals surface area contributed by atoms with Gasteiger partial charge in [0.05, 0.1) is 0 Å². The fourth-order valence-electron chi connectivity index (χ4n) is 2.29. The molecule has 110 valence electrons. The van der Waals surface area contributed by atoms with Crippen LogP contribution in [0.1, 0.15) is 31.7 Å². The molecule has 0 saturated heterocycles. The molecule has 1 fully saturated rings. The Morgan fingerprint density at radius 3 is 2.80 bits per heavy atom. The SMILES string of the molecule is CC(CCc1ccccc1F)C(=O)NCC(N)C1CC1. The molecule has 0 aromatic heterocycles. The zero-order valence-electron chi connectivity index (χ0n) is 11.9. The largest absolute Gasteiger partial charge is 0.354 e. The third-order valence-corrected chi connectivity index (χ3v) is 3.99. The van der Waals surface area contributed by atoms with E-state index in [2.05, 4.69) is 5.32 Å². The lowest BCUT2D eigenvalue weighted by Gasteiger charge is -2.15. The van der Waals surface area contributed by atoms with Crippen LogP contribution in [0.2, 0.25) is 0 Å². The van der Waals surface area contributed by atoms with Crippen molar-refractivity contribution in [3.63, 3.8) is 0 Å². The van der Waals surface area contributed by atoms with Gasteiger partial charge in [-0.2, -0.15) is 0 Å². The highest BCUT2D eigenvalue weighted by Crippen LogP contribution is 2.31. The van der Waals surface area contributed by atoms with Crippen LogP contribution in [-0.2, 0) is 11.2 Å². The van der Waals surface area contributed by atoms with E-state index in [0.717, 1.165) is 0 Å². The second-order valence-corrected chi connectivity index (χ2v) is 5.78. The number of nitrogens with two attached hydrogens (primary N) is 1. The van der Waals surface area contributed by atoms with Crippen molar-refractivity contribution in [3.05, 3.63) is 35.6 Å². The van der Waals surface area contributed by atoms with Crippen LogP contribution in [0.15, 0.2) is 24.3 Å².